The van der Waals surface area contributed by atoms with Crippen LogP contribution in [0.1, 0.15) is 38.8 Å². The molecule has 0 aromatic heterocycles. The molecule has 192 valence electrons. The topological polar surface area (TPSA) is 93.9 Å². The third-order valence-electron chi connectivity index (χ3n) is 6.53. The molecule has 1 atom stereocenters. The summed E-state index contributed by atoms with van der Waals surface area (Å²) in [6, 6.07) is 30.7. The summed E-state index contributed by atoms with van der Waals surface area (Å²) in [4.78, 5) is 26.6. The Bertz CT molecular complexity index is 1440. The van der Waals surface area contributed by atoms with Crippen LogP contribution in [0.15, 0.2) is 97.1 Å². The monoisotopic (exact) mass is 507 g/mol. The standard InChI is InChI=1S/C31H29N3O4/c1-37-28-16-13-23(18-24(28)20-38-25-14-11-21(12-15-25)17-29(32)35)30-33-27-10-6-5-9-26(27)31(36)34(30)19-22-7-3-2-4-8-22/h2-16,18,30,33H,17,19-20H2,1H3,(H2,32,35). The minimum Gasteiger partial charge on any atom is -0.496 e. The molecule has 0 saturated heterocycles. The van der Waals surface area contributed by atoms with Crippen molar-refractivity contribution in [3.63, 3.8) is 0 Å². The minimum absolute atomic E-state index is 0.0297. The van der Waals surface area contributed by atoms with Gasteiger partial charge in [0, 0.05) is 17.8 Å². The summed E-state index contributed by atoms with van der Waals surface area (Å²) < 4.78 is 11.6. The molecule has 7 heteroatoms. The highest BCUT2D eigenvalue weighted by Gasteiger charge is 2.33. The SMILES string of the molecule is COc1ccc(C2Nc3ccccc3C(=O)N2Cc2ccccc2)cc1COc1ccc(CC(N)=O)cc1. The largest absolute Gasteiger partial charge is 0.496 e. The van der Waals surface area contributed by atoms with Crippen LogP contribution in [0.3, 0.4) is 0 Å². The van der Waals surface area contributed by atoms with Crippen molar-refractivity contribution in [2.75, 3.05) is 12.4 Å². The first-order valence-electron chi connectivity index (χ1n) is 12.4. The van der Waals surface area contributed by atoms with Crippen molar-refractivity contribution in [1.29, 1.82) is 0 Å². The molecular weight excluding hydrogens is 478 g/mol. The molecule has 0 spiro atoms. The van der Waals surface area contributed by atoms with Gasteiger partial charge in [0.2, 0.25) is 5.91 Å². The van der Waals surface area contributed by atoms with Crippen LogP contribution < -0.4 is 20.5 Å². The molecule has 3 N–H and O–H groups in total. The number of hydrogen-bond donors (Lipinski definition) is 2. The third kappa shape index (κ3) is 5.47. The first-order valence-corrected chi connectivity index (χ1v) is 12.4. The number of fused-ring (bicyclic) bond motifs is 1. The molecule has 5 rings (SSSR count). The number of carbonyl (C=O) groups excluding carboxylic acids is 2. The first-order chi connectivity index (χ1) is 18.5. The van der Waals surface area contributed by atoms with E-state index in [1.165, 1.54) is 0 Å². The summed E-state index contributed by atoms with van der Waals surface area (Å²) in [6.07, 6.45) is -0.193. The van der Waals surface area contributed by atoms with Crippen molar-refractivity contribution in [3.8, 4) is 11.5 Å². The Hall–Kier alpha value is -4.78. The highest BCUT2D eigenvalue weighted by Crippen LogP contribution is 2.36. The second kappa shape index (κ2) is 11.1. The second-order valence-electron chi connectivity index (χ2n) is 9.16. The van der Waals surface area contributed by atoms with Gasteiger partial charge in [-0.2, -0.15) is 0 Å². The summed E-state index contributed by atoms with van der Waals surface area (Å²) in [5.74, 6) is 0.948. The summed E-state index contributed by atoms with van der Waals surface area (Å²) in [5.41, 5.74) is 10.4. The van der Waals surface area contributed by atoms with E-state index in [2.05, 4.69) is 5.32 Å². The third-order valence-corrected chi connectivity index (χ3v) is 6.53. The van der Waals surface area contributed by atoms with E-state index in [0.717, 1.165) is 27.9 Å². The molecule has 4 aromatic rings. The van der Waals surface area contributed by atoms with Gasteiger partial charge in [0.1, 0.15) is 24.3 Å². The molecule has 0 aliphatic carbocycles. The van der Waals surface area contributed by atoms with Crippen LogP contribution in [0.5, 0.6) is 11.5 Å². The normalized spacial score (nSPS) is 14.4. The smallest absolute Gasteiger partial charge is 0.258 e. The number of nitrogens with zero attached hydrogens (tertiary/aromatic N) is 1. The Kier molecular flexibility index (Phi) is 7.26. The van der Waals surface area contributed by atoms with E-state index in [-0.39, 0.29) is 31.0 Å². The number of rotatable bonds is 9. The lowest BCUT2D eigenvalue weighted by Gasteiger charge is -2.38. The van der Waals surface area contributed by atoms with E-state index < -0.39 is 0 Å². The Labute approximate surface area is 221 Å². The van der Waals surface area contributed by atoms with E-state index in [9.17, 15) is 9.59 Å². The zero-order valence-electron chi connectivity index (χ0n) is 21.1. The average Bonchev–Trinajstić information content (AvgIpc) is 2.94. The van der Waals surface area contributed by atoms with E-state index in [0.29, 0.717) is 23.6 Å². The molecular formula is C31H29N3O4. The maximum absolute atomic E-state index is 13.6. The summed E-state index contributed by atoms with van der Waals surface area (Å²) in [5, 5.41) is 3.56. The second-order valence-corrected chi connectivity index (χ2v) is 9.16. The van der Waals surface area contributed by atoms with Gasteiger partial charge in [-0.15, -0.1) is 0 Å². The van der Waals surface area contributed by atoms with Gasteiger partial charge in [-0.25, -0.2) is 0 Å². The van der Waals surface area contributed by atoms with Gasteiger partial charge in [0.05, 0.1) is 19.1 Å². The first kappa shape index (κ1) is 24.9. The fourth-order valence-electron chi connectivity index (χ4n) is 4.65. The molecule has 2 amide bonds. The van der Waals surface area contributed by atoms with Crippen LogP contribution in [0.2, 0.25) is 0 Å². The lowest BCUT2D eigenvalue weighted by atomic mass is 10.0. The van der Waals surface area contributed by atoms with Gasteiger partial charge in [0.25, 0.3) is 5.91 Å². The Morgan fingerprint density at radius 3 is 2.39 bits per heavy atom. The summed E-state index contributed by atoms with van der Waals surface area (Å²) in [7, 11) is 1.62. The van der Waals surface area contributed by atoms with E-state index >= 15 is 0 Å². The highest BCUT2D eigenvalue weighted by molar-refractivity contribution is 6.01. The maximum Gasteiger partial charge on any atom is 0.258 e. The fourth-order valence-corrected chi connectivity index (χ4v) is 4.65. The molecule has 7 nitrogen and oxygen atoms in total. The number of anilines is 1. The van der Waals surface area contributed by atoms with Crippen LogP contribution >= 0.6 is 0 Å². The van der Waals surface area contributed by atoms with Crippen molar-refractivity contribution in [3.05, 3.63) is 125 Å². The van der Waals surface area contributed by atoms with Crippen molar-refractivity contribution < 1.29 is 19.1 Å². The van der Waals surface area contributed by atoms with Crippen molar-refractivity contribution >= 4 is 17.5 Å². The average molecular weight is 508 g/mol. The molecule has 0 bridgehead atoms. The molecule has 0 radical (unpaired) electrons. The van der Waals surface area contributed by atoms with E-state index in [4.69, 9.17) is 15.2 Å². The van der Waals surface area contributed by atoms with Gasteiger partial charge in [-0.05, 0) is 53.1 Å². The lowest BCUT2D eigenvalue weighted by Crippen LogP contribution is -2.42. The number of nitrogens with two attached hydrogens (primary N) is 1. The molecule has 1 aliphatic rings. The number of carbonyl (C=O) groups is 2. The Balaban J connectivity index is 1.43. The fraction of sp³-hybridized carbons (Fsp3) is 0.161. The van der Waals surface area contributed by atoms with Gasteiger partial charge < -0.3 is 25.4 Å². The Morgan fingerprint density at radius 1 is 0.921 bits per heavy atom. The van der Waals surface area contributed by atoms with Crippen molar-refractivity contribution in [1.82, 2.24) is 4.90 Å². The molecule has 1 unspecified atom stereocenters. The van der Waals surface area contributed by atoms with Gasteiger partial charge in [0.15, 0.2) is 0 Å². The van der Waals surface area contributed by atoms with Crippen LogP contribution in [-0.2, 0) is 24.4 Å². The number of benzene rings is 4. The summed E-state index contributed by atoms with van der Waals surface area (Å²) in [6.45, 7) is 0.726. The van der Waals surface area contributed by atoms with Crippen molar-refractivity contribution in [2.45, 2.75) is 25.7 Å². The number of amides is 2. The van der Waals surface area contributed by atoms with Gasteiger partial charge in [-0.1, -0.05) is 60.7 Å². The number of ether oxygens (including phenoxy) is 2. The predicted molar refractivity (Wildman–Crippen MR) is 146 cm³/mol. The maximum atomic E-state index is 13.6. The van der Waals surface area contributed by atoms with Gasteiger partial charge in [-0.3, -0.25) is 9.59 Å². The van der Waals surface area contributed by atoms with Crippen LogP contribution in [0.25, 0.3) is 0 Å². The van der Waals surface area contributed by atoms with Crippen LogP contribution in [0, 0.1) is 0 Å². The number of nitrogens with one attached hydrogen (secondary N) is 1. The van der Waals surface area contributed by atoms with E-state index in [1.807, 2.05) is 102 Å². The lowest BCUT2D eigenvalue weighted by molar-refractivity contribution is -0.117. The molecule has 1 heterocycles. The molecule has 1 aliphatic heterocycles. The van der Waals surface area contributed by atoms with Crippen LogP contribution in [-0.4, -0.2) is 23.8 Å². The minimum atomic E-state index is -0.379. The molecule has 38 heavy (non-hydrogen) atoms. The van der Waals surface area contributed by atoms with Gasteiger partial charge >= 0.3 is 0 Å². The number of hydrogen-bond acceptors (Lipinski definition) is 5. The summed E-state index contributed by atoms with van der Waals surface area (Å²) >= 11 is 0. The zero-order valence-corrected chi connectivity index (χ0v) is 21.1. The molecule has 4 aromatic carbocycles. The molecule has 0 saturated carbocycles. The van der Waals surface area contributed by atoms with E-state index in [1.54, 1.807) is 7.11 Å². The predicted octanol–water partition coefficient (Wildman–Crippen LogP) is 5.07. The number of primary amides is 1. The van der Waals surface area contributed by atoms with Crippen molar-refractivity contribution in [2.24, 2.45) is 5.73 Å². The quantitative estimate of drug-likeness (QED) is 0.330. The molecule has 0 fully saturated rings. The number of methoxy groups -OCH3 is 1. The number of para-hydroxylation sites is 1. The highest BCUT2D eigenvalue weighted by atomic mass is 16.5. The zero-order chi connectivity index (χ0) is 26.5. The van der Waals surface area contributed by atoms with Crippen LogP contribution in [0.4, 0.5) is 5.69 Å². The Morgan fingerprint density at radius 2 is 1.66 bits per heavy atom.